The number of hydrogen-bond acceptors (Lipinski definition) is 1. The highest BCUT2D eigenvalue weighted by Gasteiger charge is 2.27. The Labute approximate surface area is 120 Å². The van der Waals surface area contributed by atoms with Gasteiger partial charge in [0, 0.05) is 6.04 Å². The van der Waals surface area contributed by atoms with Gasteiger partial charge in [0.2, 0.25) is 0 Å². The van der Waals surface area contributed by atoms with Crippen molar-refractivity contribution >= 4 is 0 Å². The Morgan fingerprint density at radius 1 is 0.900 bits per heavy atom. The third-order valence-corrected chi connectivity index (χ3v) is 5.04. The third kappa shape index (κ3) is 1.89. The summed E-state index contributed by atoms with van der Waals surface area (Å²) in [4.78, 5) is 0. The van der Waals surface area contributed by atoms with E-state index in [2.05, 4.69) is 42.5 Å². The first-order valence-corrected chi connectivity index (χ1v) is 7.78. The molecule has 1 heteroatoms. The Hall–Kier alpha value is -1.60. The van der Waals surface area contributed by atoms with Gasteiger partial charge in [0.25, 0.3) is 0 Å². The van der Waals surface area contributed by atoms with Crippen LogP contribution in [0.3, 0.4) is 0 Å². The van der Waals surface area contributed by atoms with Crippen LogP contribution in [0.5, 0.6) is 0 Å². The van der Waals surface area contributed by atoms with Crippen molar-refractivity contribution in [1.82, 2.24) is 0 Å². The number of fused-ring (bicyclic) bond motifs is 3. The first-order valence-electron chi connectivity index (χ1n) is 7.78. The molecule has 0 amide bonds. The van der Waals surface area contributed by atoms with E-state index in [-0.39, 0.29) is 0 Å². The van der Waals surface area contributed by atoms with Crippen molar-refractivity contribution in [2.45, 2.75) is 44.1 Å². The molecule has 0 saturated heterocycles. The van der Waals surface area contributed by atoms with Crippen LogP contribution >= 0.6 is 0 Å². The maximum Gasteiger partial charge on any atom is 0.00446 e. The monoisotopic (exact) mass is 263 g/mol. The number of hydrogen-bond donors (Lipinski definition) is 1. The maximum atomic E-state index is 6.19. The Balaban J connectivity index is 1.77. The average molecular weight is 263 g/mol. The zero-order chi connectivity index (χ0) is 13.5. The highest BCUT2D eigenvalue weighted by Crippen LogP contribution is 2.43. The van der Waals surface area contributed by atoms with Gasteiger partial charge < -0.3 is 5.73 Å². The van der Waals surface area contributed by atoms with Gasteiger partial charge in [-0.2, -0.15) is 0 Å². The zero-order valence-electron chi connectivity index (χ0n) is 11.8. The molecule has 102 valence electrons. The summed E-state index contributed by atoms with van der Waals surface area (Å²) in [6, 6.07) is 16.1. The van der Waals surface area contributed by atoms with Gasteiger partial charge in [0.05, 0.1) is 0 Å². The number of benzene rings is 2. The van der Waals surface area contributed by atoms with Crippen molar-refractivity contribution in [2.75, 3.05) is 0 Å². The molecular formula is C19H21N. The Morgan fingerprint density at radius 3 is 2.65 bits per heavy atom. The second kappa shape index (κ2) is 4.75. The van der Waals surface area contributed by atoms with E-state index in [1.54, 1.807) is 11.1 Å². The van der Waals surface area contributed by atoms with E-state index in [1.807, 2.05) is 0 Å². The molecule has 0 aromatic heterocycles. The molecule has 0 heterocycles. The van der Waals surface area contributed by atoms with Gasteiger partial charge >= 0.3 is 0 Å². The summed E-state index contributed by atoms with van der Waals surface area (Å²) in [7, 11) is 0. The van der Waals surface area contributed by atoms with E-state index in [9.17, 15) is 0 Å². The molecule has 2 atom stereocenters. The lowest BCUT2D eigenvalue weighted by atomic mass is 9.79. The summed E-state index contributed by atoms with van der Waals surface area (Å²) in [5.74, 6) is 0.669. The van der Waals surface area contributed by atoms with Gasteiger partial charge in [0.15, 0.2) is 0 Å². The molecule has 2 N–H and O–H groups in total. The Kier molecular flexibility index (Phi) is 2.89. The van der Waals surface area contributed by atoms with E-state index in [0.717, 1.165) is 12.8 Å². The van der Waals surface area contributed by atoms with Crippen molar-refractivity contribution in [2.24, 2.45) is 5.73 Å². The topological polar surface area (TPSA) is 26.0 Å². The van der Waals surface area contributed by atoms with Gasteiger partial charge in [-0.25, -0.2) is 0 Å². The van der Waals surface area contributed by atoms with Crippen LogP contribution in [0.25, 0.3) is 11.1 Å². The van der Waals surface area contributed by atoms with Crippen LogP contribution in [0.15, 0.2) is 42.5 Å². The van der Waals surface area contributed by atoms with Crippen molar-refractivity contribution in [1.29, 1.82) is 0 Å². The molecule has 2 aliphatic carbocycles. The third-order valence-electron chi connectivity index (χ3n) is 5.04. The fourth-order valence-electron chi connectivity index (χ4n) is 4.07. The van der Waals surface area contributed by atoms with E-state index in [1.165, 1.54) is 36.0 Å². The normalized spacial score (nSPS) is 24.2. The summed E-state index contributed by atoms with van der Waals surface area (Å²) in [5.41, 5.74) is 13.7. The fourth-order valence-corrected chi connectivity index (χ4v) is 4.07. The van der Waals surface area contributed by atoms with E-state index in [4.69, 9.17) is 5.73 Å². The molecule has 1 saturated carbocycles. The van der Waals surface area contributed by atoms with Crippen LogP contribution in [-0.2, 0) is 6.42 Å². The molecule has 20 heavy (non-hydrogen) atoms. The number of rotatable bonds is 1. The van der Waals surface area contributed by atoms with Crippen molar-refractivity contribution in [3.05, 3.63) is 59.2 Å². The van der Waals surface area contributed by atoms with Gasteiger partial charge in [0.1, 0.15) is 0 Å². The first-order chi connectivity index (χ1) is 9.83. The largest absolute Gasteiger partial charge is 0.328 e. The van der Waals surface area contributed by atoms with Crippen LogP contribution in [0, 0.1) is 0 Å². The minimum absolute atomic E-state index is 0.397. The molecule has 4 rings (SSSR count). The Morgan fingerprint density at radius 2 is 1.75 bits per heavy atom. The van der Waals surface area contributed by atoms with Gasteiger partial charge in [-0.05, 0) is 59.4 Å². The predicted molar refractivity (Wildman–Crippen MR) is 83.9 cm³/mol. The van der Waals surface area contributed by atoms with Crippen LogP contribution in [0.4, 0.5) is 0 Å². The highest BCUT2D eigenvalue weighted by molar-refractivity contribution is 5.78. The van der Waals surface area contributed by atoms with E-state index < -0.39 is 0 Å². The zero-order valence-corrected chi connectivity index (χ0v) is 11.8. The lowest BCUT2D eigenvalue weighted by Gasteiger charge is -2.28. The summed E-state index contributed by atoms with van der Waals surface area (Å²) in [5, 5.41) is 0. The van der Waals surface area contributed by atoms with Crippen LogP contribution in [0.1, 0.15) is 48.3 Å². The lowest BCUT2D eigenvalue weighted by molar-refractivity contribution is 0.392. The molecule has 0 spiro atoms. The first kappa shape index (κ1) is 12.2. The summed E-state index contributed by atoms with van der Waals surface area (Å²) in [6.07, 6.45) is 6.05. The van der Waals surface area contributed by atoms with Crippen molar-refractivity contribution in [3.63, 3.8) is 0 Å². The van der Waals surface area contributed by atoms with E-state index >= 15 is 0 Å². The average Bonchev–Trinajstić information content (AvgIpc) is 2.86. The summed E-state index contributed by atoms with van der Waals surface area (Å²) < 4.78 is 0. The molecule has 2 aromatic rings. The second-order valence-corrected chi connectivity index (χ2v) is 6.33. The molecule has 0 aliphatic heterocycles. The van der Waals surface area contributed by atoms with Gasteiger partial charge in [-0.1, -0.05) is 48.9 Å². The van der Waals surface area contributed by atoms with Gasteiger partial charge in [-0.3, -0.25) is 0 Å². The van der Waals surface area contributed by atoms with Crippen LogP contribution in [0.2, 0.25) is 0 Å². The van der Waals surface area contributed by atoms with E-state index in [0.29, 0.717) is 12.0 Å². The molecule has 1 nitrogen and oxygen atoms in total. The predicted octanol–water partition coefficient (Wildman–Crippen LogP) is 4.24. The second-order valence-electron chi connectivity index (χ2n) is 6.33. The van der Waals surface area contributed by atoms with Crippen LogP contribution in [-0.4, -0.2) is 6.04 Å². The lowest BCUT2D eigenvalue weighted by Crippen LogP contribution is -2.27. The molecular weight excluding hydrogens is 242 g/mol. The molecule has 2 aromatic carbocycles. The highest BCUT2D eigenvalue weighted by atomic mass is 14.6. The Bertz CT molecular complexity index is 644. The molecule has 0 bridgehead atoms. The molecule has 0 radical (unpaired) electrons. The molecule has 1 fully saturated rings. The SMILES string of the molecule is NC1CCCC(c2cccc3c2Cc2ccccc2-3)C1. The van der Waals surface area contributed by atoms with Gasteiger partial charge in [-0.15, -0.1) is 0 Å². The van der Waals surface area contributed by atoms with Crippen molar-refractivity contribution in [3.8, 4) is 11.1 Å². The minimum Gasteiger partial charge on any atom is -0.328 e. The molecule has 2 aliphatic rings. The summed E-state index contributed by atoms with van der Waals surface area (Å²) >= 11 is 0. The number of nitrogens with two attached hydrogens (primary N) is 1. The van der Waals surface area contributed by atoms with Crippen LogP contribution < -0.4 is 5.73 Å². The summed E-state index contributed by atoms with van der Waals surface area (Å²) in [6.45, 7) is 0. The maximum absolute atomic E-state index is 6.19. The molecule has 2 unspecified atom stereocenters. The smallest absolute Gasteiger partial charge is 0.00446 e. The minimum atomic E-state index is 0.397. The fraction of sp³-hybridized carbons (Fsp3) is 0.368. The van der Waals surface area contributed by atoms with Crippen molar-refractivity contribution < 1.29 is 0 Å². The quantitative estimate of drug-likeness (QED) is 0.698. The standard InChI is InChI=1S/C19H21N/c20-15-7-3-6-13(11-15)17-9-4-10-18-16-8-2-1-5-14(16)12-19(17)18/h1-2,4-5,8-10,13,15H,3,6-7,11-12,20H2.